The van der Waals surface area contributed by atoms with E-state index in [1.54, 1.807) is 0 Å². The van der Waals surface area contributed by atoms with Gasteiger partial charge >= 0.3 is 6.09 Å². The molecule has 0 atom stereocenters. The number of hydrogen-bond acceptors (Lipinski definition) is 4. The maximum absolute atomic E-state index is 12.0. The Balaban J connectivity index is 2.17. The van der Waals surface area contributed by atoms with Gasteiger partial charge < -0.3 is 15.4 Å². The van der Waals surface area contributed by atoms with Crippen LogP contribution in [0.3, 0.4) is 0 Å². The first kappa shape index (κ1) is 11.9. The fourth-order valence-electron chi connectivity index (χ4n) is 1.83. The molecule has 0 spiro atoms. The highest BCUT2D eigenvalue weighted by Gasteiger charge is 2.34. The number of carbonyl (C=O) groups excluding carboxylic acids is 2. The van der Waals surface area contributed by atoms with E-state index in [4.69, 9.17) is 4.74 Å². The second kappa shape index (κ2) is 4.03. The summed E-state index contributed by atoms with van der Waals surface area (Å²) >= 11 is 0. The molecule has 6 heteroatoms. The van der Waals surface area contributed by atoms with E-state index >= 15 is 0 Å². The summed E-state index contributed by atoms with van der Waals surface area (Å²) in [7, 11) is 0. The summed E-state index contributed by atoms with van der Waals surface area (Å²) in [5.74, 6) is -0.107. The molecule has 94 valence electrons. The van der Waals surface area contributed by atoms with Crippen molar-refractivity contribution in [3.05, 3.63) is 11.3 Å². The van der Waals surface area contributed by atoms with E-state index in [9.17, 15) is 9.59 Å². The highest BCUT2D eigenvalue weighted by Crippen LogP contribution is 2.21. The minimum atomic E-state index is -0.536. The molecule has 0 fully saturated rings. The van der Waals surface area contributed by atoms with Crippen LogP contribution in [-0.2, 0) is 9.53 Å². The lowest BCUT2D eigenvalue weighted by molar-refractivity contribution is -0.118. The second-order valence-corrected chi connectivity index (χ2v) is 5.10. The summed E-state index contributed by atoms with van der Waals surface area (Å²) in [6.45, 7) is 6.65. The molecule has 0 unspecified atom stereocenters. The predicted molar refractivity (Wildman–Crippen MR) is 61.0 cm³/mol. The third-order valence-corrected chi connectivity index (χ3v) is 2.55. The van der Waals surface area contributed by atoms with Crippen LogP contribution in [0.4, 0.5) is 4.79 Å². The van der Waals surface area contributed by atoms with Crippen molar-refractivity contribution in [2.75, 3.05) is 19.8 Å². The van der Waals surface area contributed by atoms with Crippen molar-refractivity contribution < 1.29 is 14.3 Å². The third-order valence-electron chi connectivity index (χ3n) is 2.55. The van der Waals surface area contributed by atoms with Crippen LogP contribution >= 0.6 is 0 Å². The molecule has 2 heterocycles. The molecule has 0 bridgehead atoms. The SMILES string of the molecule is CC(C)(C)OC(=O)N1CNC(=O)C2=C1CNC2. The Morgan fingerprint density at radius 2 is 2.06 bits per heavy atom. The normalized spacial score (nSPS) is 20.2. The van der Waals surface area contributed by atoms with Crippen LogP contribution in [-0.4, -0.2) is 42.3 Å². The Kier molecular flexibility index (Phi) is 2.82. The van der Waals surface area contributed by atoms with E-state index < -0.39 is 11.7 Å². The molecule has 0 aromatic carbocycles. The maximum Gasteiger partial charge on any atom is 0.416 e. The van der Waals surface area contributed by atoms with E-state index in [1.165, 1.54) is 4.90 Å². The number of nitrogens with one attached hydrogen (secondary N) is 2. The van der Waals surface area contributed by atoms with Crippen LogP contribution in [0.25, 0.3) is 0 Å². The van der Waals surface area contributed by atoms with Gasteiger partial charge in [-0.25, -0.2) is 4.79 Å². The monoisotopic (exact) mass is 239 g/mol. The minimum Gasteiger partial charge on any atom is -0.443 e. The first-order chi connectivity index (χ1) is 7.88. The van der Waals surface area contributed by atoms with Crippen LogP contribution < -0.4 is 10.6 Å². The highest BCUT2D eigenvalue weighted by atomic mass is 16.6. The first-order valence-electron chi connectivity index (χ1n) is 5.60. The zero-order chi connectivity index (χ0) is 12.6. The van der Waals surface area contributed by atoms with Gasteiger partial charge in [-0.1, -0.05) is 0 Å². The smallest absolute Gasteiger partial charge is 0.416 e. The summed E-state index contributed by atoms with van der Waals surface area (Å²) < 4.78 is 5.29. The Morgan fingerprint density at radius 3 is 2.71 bits per heavy atom. The number of rotatable bonds is 0. The largest absolute Gasteiger partial charge is 0.443 e. The molecule has 0 aromatic rings. The van der Waals surface area contributed by atoms with Crippen LogP contribution in [0.1, 0.15) is 20.8 Å². The molecule has 2 rings (SSSR count). The average molecular weight is 239 g/mol. The fraction of sp³-hybridized carbons (Fsp3) is 0.636. The first-order valence-corrected chi connectivity index (χ1v) is 5.60. The van der Waals surface area contributed by atoms with Gasteiger partial charge in [0.05, 0.1) is 5.57 Å². The van der Waals surface area contributed by atoms with Crippen molar-refractivity contribution in [1.82, 2.24) is 15.5 Å². The third kappa shape index (κ3) is 2.41. The summed E-state index contributed by atoms with van der Waals surface area (Å²) in [4.78, 5) is 25.0. The van der Waals surface area contributed by atoms with Crippen molar-refractivity contribution >= 4 is 12.0 Å². The van der Waals surface area contributed by atoms with Crippen molar-refractivity contribution in [2.24, 2.45) is 0 Å². The number of hydrogen-bond donors (Lipinski definition) is 2. The molecule has 0 saturated carbocycles. The molecular formula is C11H17N3O3. The molecule has 0 aromatic heterocycles. The van der Waals surface area contributed by atoms with Gasteiger partial charge in [-0.2, -0.15) is 0 Å². The van der Waals surface area contributed by atoms with Crippen molar-refractivity contribution in [3.63, 3.8) is 0 Å². The highest BCUT2D eigenvalue weighted by molar-refractivity contribution is 5.97. The van der Waals surface area contributed by atoms with E-state index in [-0.39, 0.29) is 12.6 Å². The molecule has 2 aliphatic rings. The maximum atomic E-state index is 12.0. The second-order valence-electron chi connectivity index (χ2n) is 5.10. The summed E-state index contributed by atoms with van der Waals surface area (Å²) in [6, 6.07) is 0. The molecule has 17 heavy (non-hydrogen) atoms. The predicted octanol–water partition coefficient (Wildman–Crippen LogP) is 0.168. The lowest BCUT2D eigenvalue weighted by Crippen LogP contribution is -2.48. The molecule has 2 aliphatic heterocycles. The standard InChI is InChI=1S/C11H17N3O3/c1-11(2,3)17-10(16)14-6-13-9(15)7-4-12-5-8(7)14/h12H,4-6H2,1-3H3,(H,13,15). The van der Waals surface area contributed by atoms with Gasteiger partial charge in [-0.05, 0) is 20.8 Å². The van der Waals surface area contributed by atoms with Gasteiger partial charge in [0.25, 0.3) is 5.91 Å². The van der Waals surface area contributed by atoms with Crippen LogP contribution in [0.2, 0.25) is 0 Å². The molecular weight excluding hydrogens is 222 g/mol. The Hall–Kier alpha value is -1.56. The van der Waals surface area contributed by atoms with Gasteiger partial charge in [-0.3, -0.25) is 9.69 Å². The van der Waals surface area contributed by atoms with Crippen molar-refractivity contribution in [3.8, 4) is 0 Å². The Labute approximate surface area is 100.0 Å². The van der Waals surface area contributed by atoms with Gasteiger partial charge in [-0.15, -0.1) is 0 Å². The zero-order valence-corrected chi connectivity index (χ0v) is 10.3. The number of ether oxygens (including phenoxy) is 1. The van der Waals surface area contributed by atoms with E-state index in [2.05, 4.69) is 10.6 Å². The fourth-order valence-corrected chi connectivity index (χ4v) is 1.83. The van der Waals surface area contributed by atoms with Crippen LogP contribution in [0.5, 0.6) is 0 Å². The van der Waals surface area contributed by atoms with Gasteiger partial charge in [0, 0.05) is 18.8 Å². The summed E-state index contributed by atoms with van der Waals surface area (Å²) in [5, 5.41) is 5.72. The lowest BCUT2D eigenvalue weighted by atomic mass is 10.2. The Morgan fingerprint density at radius 1 is 1.35 bits per heavy atom. The zero-order valence-electron chi connectivity index (χ0n) is 10.3. The van der Waals surface area contributed by atoms with E-state index in [0.29, 0.717) is 18.7 Å². The van der Waals surface area contributed by atoms with E-state index in [1.807, 2.05) is 20.8 Å². The lowest BCUT2D eigenvalue weighted by Gasteiger charge is -2.31. The minimum absolute atomic E-state index is 0.107. The van der Waals surface area contributed by atoms with Gasteiger partial charge in [0.1, 0.15) is 12.3 Å². The molecule has 0 saturated heterocycles. The van der Waals surface area contributed by atoms with Crippen LogP contribution in [0, 0.1) is 0 Å². The van der Waals surface area contributed by atoms with Crippen LogP contribution in [0.15, 0.2) is 11.3 Å². The quantitative estimate of drug-likeness (QED) is 0.632. The van der Waals surface area contributed by atoms with E-state index in [0.717, 1.165) is 5.70 Å². The Bertz CT molecular complexity index is 395. The topological polar surface area (TPSA) is 70.7 Å². The molecule has 2 N–H and O–H groups in total. The average Bonchev–Trinajstić information content (AvgIpc) is 2.64. The number of nitrogens with zero attached hydrogens (tertiary/aromatic N) is 1. The molecule has 0 radical (unpaired) electrons. The summed E-state index contributed by atoms with van der Waals surface area (Å²) in [6.07, 6.45) is -0.422. The van der Waals surface area contributed by atoms with Gasteiger partial charge in [0.2, 0.25) is 0 Å². The molecule has 0 aliphatic carbocycles. The van der Waals surface area contributed by atoms with Crippen molar-refractivity contribution in [2.45, 2.75) is 26.4 Å². The summed E-state index contributed by atoms with van der Waals surface area (Å²) in [5.41, 5.74) is 0.816. The molecule has 6 nitrogen and oxygen atoms in total. The number of carbonyl (C=O) groups is 2. The van der Waals surface area contributed by atoms with Crippen molar-refractivity contribution in [1.29, 1.82) is 0 Å². The molecule has 2 amide bonds. The number of amides is 2. The van der Waals surface area contributed by atoms with Gasteiger partial charge in [0.15, 0.2) is 0 Å².